The van der Waals surface area contributed by atoms with Crippen molar-refractivity contribution in [3.05, 3.63) is 0 Å². The second-order valence-electron chi connectivity index (χ2n) is 4.53. The number of thioether (sulfide) groups is 1. The molecule has 14 heavy (non-hydrogen) atoms. The normalized spacial score (nSPS) is 13.5. The standard InChI is InChI=1S/C12H27NS/c1-11(2)7-8-12(3)13-9-5-6-10-14-4/h11-13H,5-10H2,1-4H3. The maximum atomic E-state index is 3.59. The van der Waals surface area contributed by atoms with E-state index in [1.807, 2.05) is 11.8 Å². The van der Waals surface area contributed by atoms with Gasteiger partial charge in [-0.2, -0.15) is 11.8 Å². The lowest BCUT2D eigenvalue weighted by atomic mass is 10.0. The molecule has 0 saturated heterocycles. The van der Waals surface area contributed by atoms with E-state index >= 15 is 0 Å². The molecule has 0 heterocycles. The van der Waals surface area contributed by atoms with Crippen LogP contribution in [0.4, 0.5) is 0 Å². The molecular weight excluding hydrogens is 190 g/mol. The van der Waals surface area contributed by atoms with Crippen LogP contribution in [-0.4, -0.2) is 24.6 Å². The van der Waals surface area contributed by atoms with Crippen molar-refractivity contribution in [1.29, 1.82) is 0 Å². The summed E-state index contributed by atoms with van der Waals surface area (Å²) in [6.07, 6.45) is 7.52. The second kappa shape index (κ2) is 9.85. The van der Waals surface area contributed by atoms with Gasteiger partial charge in [0.2, 0.25) is 0 Å². The third kappa shape index (κ3) is 10.4. The fourth-order valence-electron chi connectivity index (χ4n) is 1.41. The molecule has 1 N–H and O–H groups in total. The minimum atomic E-state index is 0.701. The average molecular weight is 217 g/mol. The third-order valence-electron chi connectivity index (χ3n) is 2.45. The SMILES string of the molecule is CSCCCCNC(C)CCC(C)C. The topological polar surface area (TPSA) is 12.0 Å². The third-order valence-corrected chi connectivity index (χ3v) is 3.14. The first-order valence-electron chi connectivity index (χ1n) is 5.89. The Kier molecular flexibility index (Phi) is 10.1. The van der Waals surface area contributed by atoms with Crippen LogP contribution < -0.4 is 5.32 Å². The van der Waals surface area contributed by atoms with Gasteiger partial charge >= 0.3 is 0 Å². The van der Waals surface area contributed by atoms with Gasteiger partial charge in [-0.3, -0.25) is 0 Å². The Labute approximate surface area is 94.4 Å². The summed E-state index contributed by atoms with van der Waals surface area (Å²) in [7, 11) is 0. The summed E-state index contributed by atoms with van der Waals surface area (Å²) in [5, 5.41) is 3.59. The van der Waals surface area contributed by atoms with Crippen LogP contribution in [0.5, 0.6) is 0 Å². The largest absolute Gasteiger partial charge is 0.314 e. The van der Waals surface area contributed by atoms with Gasteiger partial charge in [0, 0.05) is 6.04 Å². The zero-order valence-electron chi connectivity index (χ0n) is 10.3. The summed E-state index contributed by atoms with van der Waals surface area (Å²) in [6, 6.07) is 0.701. The highest BCUT2D eigenvalue weighted by molar-refractivity contribution is 7.98. The molecule has 0 aromatic carbocycles. The minimum absolute atomic E-state index is 0.701. The number of unbranched alkanes of at least 4 members (excludes halogenated alkanes) is 1. The Bertz CT molecular complexity index is 115. The first kappa shape index (κ1) is 14.3. The van der Waals surface area contributed by atoms with E-state index < -0.39 is 0 Å². The lowest BCUT2D eigenvalue weighted by Crippen LogP contribution is -2.27. The van der Waals surface area contributed by atoms with Crippen molar-refractivity contribution in [3.63, 3.8) is 0 Å². The van der Waals surface area contributed by atoms with Crippen LogP contribution in [0.2, 0.25) is 0 Å². The van der Waals surface area contributed by atoms with E-state index in [2.05, 4.69) is 32.3 Å². The van der Waals surface area contributed by atoms with Gasteiger partial charge in [0.25, 0.3) is 0 Å². The molecule has 0 aromatic rings. The lowest BCUT2D eigenvalue weighted by Gasteiger charge is -2.14. The first-order chi connectivity index (χ1) is 6.66. The van der Waals surface area contributed by atoms with Gasteiger partial charge in [0.05, 0.1) is 0 Å². The quantitative estimate of drug-likeness (QED) is 0.593. The van der Waals surface area contributed by atoms with Crippen LogP contribution in [0.1, 0.15) is 46.5 Å². The maximum Gasteiger partial charge on any atom is 0.00388 e. The van der Waals surface area contributed by atoms with Crippen molar-refractivity contribution in [1.82, 2.24) is 5.32 Å². The molecule has 0 rings (SSSR count). The monoisotopic (exact) mass is 217 g/mol. The molecule has 0 amide bonds. The molecule has 0 aliphatic rings. The van der Waals surface area contributed by atoms with Gasteiger partial charge in [0.15, 0.2) is 0 Å². The predicted octanol–water partition coefficient (Wildman–Crippen LogP) is 3.54. The lowest BCUT2D eigenvalue weighted by molar-refractivity contribution is 0.448. The van der Waals surface area contributed by atoms with Crippen LogP contribution in [-0.2, 0) is 0 Å². The molecule has 1 unspecified atom stereocenters. The fourth-order valence-corrected chi connectivity index (χ4v) is 1.90. The zero-order valence-corrected chi connectivity index (χ0v) is 11.1. The Morgan fingerprint density at radius 3 is 2.36 bits per heavy atom. The molecule has 0 radical (unpaired) electrons. The zero-order chi connectivity index (χ0) is 10.8. The van der Waals surface area contributed by atoms with Gasteiger partial charge in [-0.05, 0) is 57.1 Å². The Hall–Kier alpha value is 0.310. The summed E-state index contributed by atoms with van der Waals surface area (Å²) in [4.78, 5) is 0. The van der Waals surface area contributed by atoms with Crippen molar-refractivity contribution >= 4 is 11.8 Å². The molecule has 1 nitrogen and oxygen atoms in total. The fraction of sp³-hybridized carbons (Fsp3) is 1.00. The van der Waals surface area contributed by atoms with Crippen LogP contribution in [0.25, 0.3) is 0 Å². The van der Waals surface area contributed by atoms with Gasteiger partial charge in [-0.25, -0.2) is 0 Å². The summed E-state index contributed by atoms with van der Waals surface area (Å²) in [5.74, 6) is 2.15. The second-order valence-corrected chi connectivity index (χ2v) is 5.51. The van der Waals surface area contributed by atoms with Gasteiger partial charge < -0.3 is 5.32 Å². The molecule has 1 atom stereocenters. The maximum absolute atomic E-state index is 3.59. The van der Waals surface area contributed by atoms with Crippen molar-refractivity contribution in [2.24, 2.45) is 5.92 Å². The molecule has 0 aliphatic carbocycles. The summed E-state index contributed by atoms with van der Waals surface area (Å²) in [5.41, 5.74) is 0. The summed E-state index contributed by atoms with van der Waals surface area (Å²) < 4.78 is 0. The van der Waals surface area contributed by atoms with Crippen LogP contribution in [0.3, 0.4) is 0 Å². The minimum Gasteiger partial charge on any atom is -0.314 e. The molecule has 0 fully saturated rings. The van der Waals surface area contributed by atoms with E-state index in [0.717, 1.165) is 5.92 Å². The van der Waals surface area contributed by atoms with E-state index in [1.165, 1.54) is 38.0 Å². The predicted molar refractivity (Wildman–Crippen MR) is 69.2 cm³/mol. The Morgan fingerprint density at radius 2 is 1.79 bits per heavy atom. The van der Waals surface area contributed by atoms with Gasteiger partial charge in [-0.15, -0.1) is 0 Å². The number of nitrogens with one attached hydrogen (secondary N) is 1. The van der Waals surface area contributed by atoms with Crippen molar-refractivity contribution < 1.29 is 0 Å². The van der Waals surface area contributed by atoms with E-state index in [4.69, 9.17) is 0 Å². The van der Waals surface area contributed by atoms with Gasteiger partial charge in [-0.1, -0.05) is 13.8 Å². The van der Waals surface area contributed by atoms with E-state index in [1.54, 1.807) is 0 Å². The Morgan fingerprint density at radius 1 is 1.07 bits per heavy atom. The van der Waals surface area contributed by atoms with Crippen molar-refractivity contribution in [3.8, 4) is 0 Å². The van der Waals surface area contributed by atoms with Crippen LogP contribution in [0, 0.1) is 5.92 Å². The average Bonchev–Trinajstić information content (AvgIpc) is 2.14. The van der Waals surface area contributed by atoms with Crippen molar-refractivity contribution in [2.45, 2.75) is 52.5 Å². The molecule has 0 bridgehead atoms. The molecule has 2 heteroatoms. The van der Waals surface area contributed by atoms with E-state index in [9.17, 15) is 0 Å². The highest BCUT2D eigenvalue weighted by Gasteiger charge is 2.01. The molecule has 86 valence electrons. The molecule has 0 aromatic heterocycles. The first-order valence-corrected chi connectivity index (χ1v) is 7.28. The summed E-state index contributed by atoms with van der Waals surface area (Å²) >= 11 is 1.95. The summed E-state index contributed by atoms with van der Waals surface area (Å²) in [6.45, 7) is 8.09. The molecule has 0 saturated carbocycles. The van der Waals surface area contributed by atoms with Crippen LogP contribution >= 0.6 is 11.8 Å². The Balaban J connectivity index is 3.14. The smallest absolute Gasteiger partial charge is 0.00388 e. The van der Waals surface area contributed by atoms with Gasteiger partial charge in [0.1, 0.15) is 0 Å². The van der Waals surface area contributed by atoms with E-state index in [0.29, 0.717) is 6.04 Å². The highest BCUT2D eigenvalue weighted by Crippen LogP contribution is 2.06. The number of rotatable bonds is 9. The highest BCUT2D eigenvalue weighted by atomic mass is 32.2. The molecule has 0 aliphatic heterocycles. The molecule has 0 spiro atoms. The van der Waals surface area contributed by atoms with Crippen molar-refractivity contribution in [2.75, 3.05) is 18.6 Å². The number of hydrogen-bond donors (Lipinski definition) is 1. The molecular formula is C12H27NS. The van der Waals surface area contributed by atoms with E-state index in [-0.39, 0.29) is 0 Å². The van der Waals surface area contributed by atoms with Crippen LogP contribution in [0.15, 0.2) is 0 Å². The number of hydrogen-bond acceptors (Lipinski definition) is 2.